The Morgan fingerprint density at radius 3 is 2.00 bits per heavy atom. The SMILES string of the molecule is CCC[C@H](O)[C@H](CC)C(C)C. The lowest BCUT2D eigenvalue weighted by Gasteiger charge is -2.24. The fourth-order valence-corrected chi connectivity index (χ4v) is 1.70. The van der Waals surface area contributed by atoms with Gasteiger partial charge in [0, 0.05) is 0 Å². The number of hydrogen-bond acceptors (Lipinski definition) is 1. The van der Waals surface area contributed by atoms with Crippen LogP contribution in [0.3, 0.4) is 0 Å². The fourth-order valence-electron chi connectivity index (χ4n) is 1.70. The highest BCUT2D eigenvalue weighted by Gasteiger charge is 2.19. The van der Waals surface area contributed by atoms with Crippen LogP contribution in [0.1, 0.15) is 47.0 Å². The second kappa shape index (κ2) is 5.59. The summed E-state index contributed by atoms with van der Waals surface area (Å²) in [5, 5.41) is 9.68. The van der Waals surface area contributed by atoms with Crippen LogP contribution in [-0.4, -0.2) is 11.2 Å². The van der Waals surface area contributed by atoms with E-state index < -0.39 is 0 Å². The summed E-state index contributed by atoms with van der Waals surface area (Å²) in [7, 11) is 0. The maximum atomic E-state index is 9.68. The summed E-state index contributed by atoms with van der Waals surface area (Å²) in [4.78, 5) is 0. The molecule has 0 bridgehead atoms. The zero-order chi connectivity index (χ0) is 8.85. The molecule has 0 unspecified atom stereocenters. The molecule has 0 aliphatic heterocycles. The van der Waals surface area contributed by atoms with Crippen molar-refractivity contribution < 1.29 is 5.11 Å². The lowest BCUT2D eigenvalue weighted by Crippen LogP contribution is -2.24. The number of aliphatic hydroxyl groups is 1. The van der Waals surface area contributed by atoms with E-state index in [1.807, 2.05) is 0 Å². The topological polar surface area (TPSA) is 20.2 Å². The van der Waals surface area contributed by atoms with Gasteiger partial charge in [0.15, 0.2) is 0 Å². The van der Waals surface area contributed by atoms with Crippen molar-refractivity contribution in [2.75, 3.05) is 0 Å². The van der Waals surface area contributed by atoms with Crippen LogP contribution in [0, 0.1) is 11.8 Å². The summed E-state index contributed by atoms with van der Waals surface area (Å²) in [6.07, 6.45) is 3.06. The van der Waals surface area contributed by atoms with E-state index in [2.05, 4.69) is 27.7 Å². The maximum absolute atomic E-state index is 9.68. The quantitative estimate of drug-likeness (QED) is 0.652. The van der Waals surface area contributed by atoms with Gasteiger partial charge in [-0.25, -0.2) is 0 Å². The van der Waals surface area contributed by atoms with Gasteiger partial charge >= 0.3 is 0 Å². The van der Waals surface area contributed by atoms with Crippen LogP contribution in [0.15, 0.2) is 0 Å². The Morgan fingerprint density at radius 2 is 1.73 bits per heavy atom. The molecule has 0 heterocycles. The van der Waals surface area contributed by atoms with Gasteiger partial charge in [-0.3, -0.25) is 0 Å². The molecule has 0 aromatic heterocycles. The third-order valence-corrected chi connectivity index (χ3v) is 2.41. The van der Waals surface area contributed by atoms with E-state index in [0.29, 0.717) is 11.8 Å². The predicted octanol–water partition coefficient (Wildman–Crippen LogP) is 2.83. The Morgan fingerprint density at radius 1 is 1.18 bits per heavy atom. The van der Waals surface area contributed by atoms with Crippen molar-refractivity contribution in [3.8, 4) is 0 Å². The van der Waals surface area contributed by atoms with Crippen LogP contribution in [-0.2, 0) is 0 Å². The third-order valence-electron chi connectivity index (χ3n) is 2.41. The third kappa shape index (κ3) is 3.76. The Balaban J connectivity index is 3.81. The van der Waals surface area contributed by atoms with Crippen LogP contribution in [0.5, 0.6) is 0 Å². The molecule has 0 aliphatic carbocycles. The molecule has 0 saturated heterocycles. The van der Waals surface area contributed by atoms with E-state index in [0.717, 1.165) is 19.3 Å². The molecular formula is C10H22O. The Kier molecular flexibility index (Phi) is 5.57. The van der Waals surface area contributed by atoms with Gasteiger partial charge in [-0.15, -0.1) is 0 Å². The standard InChI is InChI=1S/C10H22O/c1-5-7-10(11)9(6-2)8(3)4/h8-11H,5-7H2,1-4H3/t9-,10+/m1/s1. The molecule has 0 aromatic rings. The van der Waals surface area contributed by atoms with E-state index >= 15 is 0 Å². The molecule has 1 nitrogen and oxygen atoms in total. The molecule has 0 spiro atoms. The van der Waals surface area contributed by atoms with Gasteiger partial charge in [-0.2, -0.15) is 0 Å². The number of rotatable bonds is 5. The second-order valence-corrected chi connectivity index (χ2v) is 3.67. The van der Waals surface area contributed by atoms with Crippen molar-refractivity contribution in [2.45, 2.75) is 53.1 Å². The van der Waals surface area contributed by atoms with Crippen LogP contribution >= 0.6 is 0 Å². The first kappa shape index (κ1) is 11.0. The molecule has 1 heteroatoms. The highest BCUT2D eigenvalue weighted by atomic mass is 16.3. The molecule has 11 heavy (non-hydrogen) atoms. The largest absolute Gasteiger partial charge is 0.393 e. The first-order valence-corrected chi connectivity index (χ1v) is 4.81. The van der Waals surface area contributed by atoms with Crippen molar-refractivity contribution in [3.05, 3.63) is 0 Å². The summed E-state index contributed by atoms with van der Waals surface area (Å²) in [5.41, 5.74) is 0. The molecule has 1 N–H and O–H groups in total. The monoisotopic (exact) mass is 158 g/mol. The molecule has 68 valence electrons. The van der Waals surface area contributed by atoms with Crippen molar-refractivity contribution in [1.82, 2.24) is 0 Å². The molecule has 0 amide bonds. The molecule has 2 atom stereocenters. The highest BCUT2D eigenvalue weighted by molar-refractivity contribution is 4.69. The smallest absolute Gasteiger partial charge is 0.0570 e. The van der Waals surface area contributed by atoms with Gasteiger partial charge < -0.3 is 5.11 Å². The number of hydrogen-bond donors (Lipinski definition) is 1. The maximum Gasteiger partial charge on any atom is 0.0570 e. The molecule has 0 radical (unpaired) electrons. The molecule has 0 aromatic carbocycles. The van der Waals surface area contributed by atoms with Crippen LogP contribution in [0.2, 0.25) is 0 Å². The van der Waals surface area contributed by atoms with Crippen LogP contribution in [0.25, 0.3) is 0 Å². The van der Waals surface area contributed by atoms with Gasteiger partial charge in [0.25, 0.3) is 0 Å². The van der Waals surface area contributed by atoms with Gasteiger partial charge in [-0.05, 0) is 18.3 Å². The van der Waals surface area contributed by atoms with Gasteiger partial charge in [0.1, 0.15) is 0 Å². The Bertz CT molecular complexity index is 88.9. The second-order valence-electron chi connectivity index (χ2n) is 3.67. The van der Waals surface area contributed by atoms with E-state index in [9.17, 15) is 5.11 Å². The minimum atomic E-state index is -0.0787. The van der Waals surface area contributed by atoms with E-state index in [1.54, 1.807) is 0 Å². The fraction of sp³-hybridized carbons (Fsp3) is 1.00. The highest BCUT2D eigenvalue weighted by Crippen LogP contribution is 2.21. The van der Waals surface area contributed by atoms with Crippen molar-refractivity contribution in [1.29, 1.82) is 0 Å². The summed E-state index contributed by atoms with van der Waals surface area (Å²) in [5.74, 6) is 1.11. The van der Waals surface area contributed by atoms with Crippen molar-refractivity contribution in [2.24, 2.45) is 11.8 Å². The van der Waals surface area contributed by atoms with Gasteiger partial charge in [0.2, 0.25) is 0 Å². The summed E-state index contributed by atoms with van der Waals surface area (Å²) in [6, 6.07) is 0. The van der Waals surface area contributed by atoms with Crippen LogP contribution in [0.4, 0.5) is 0 Å². The zero-order valence-corrected chi connectivity index (χ0v) is 8.30. The van der Waals surface area contributed by atoms with Crippen molar-refractivity contribution >= 4 is 0 Å². The van der Waals surface area contributed by atoms with Gasteiger partial charge in [0.05, 0.1) is 6.10 Å². The van der Waals surface area contributed by atoms with Crippen LogP contribution < -0.4 is 0 Å². The van der Waals surface area contributed by atoms with E-state index in [4.69, 9.17) is 0 Å². The predicted molar refractivity (Wildman–Crippen MR) is 49.5 cm³/mol. The van der Waals surface area contributed by atoms with Gasteiger partial charge in [-0.1, -0.05) is 40.5 Å². The lowest BCUT2D eigenvalue weighted by atomic mass is 9.86. The summed E-state index contributed by atoms with van der Waals surface area (Å²) >= 11 is 0. The zero-order valence-electron chi connectivity index (χ0n) is 8.30. The number of aliphatic hydroxyl groups excluding tert-OH is 1. The average molecular weight is 158 g/mol. The first-order valence-electron chi connectivity index (χ1n) is 4.81. The lowest BCUT2D eigenvalue weighted by molar-refractivity contribution is 0.0708. The average Bonchev–Trinajstić information content (AvgIpc) is 1.88. The minimum Gasteiger partial charge on any atom is -0.393 e. The van der Waals surface area contributed by atoms with E-state index in [-0.39, 0.29) is 6.10 Å². The van der Waals surface area contributed by atoms with E-state index in [1.165, 1.54) is 0 Å². The Hall–Kier alpha value is -0.0400. The molecule has 0 saturated carbocycles. The molecular weight excluding hydrogens is 136 g/mol. The molecule has 0 fully saturated rings. The Labute approximate surface area is 70.8 Å². The first-order chi connectivity index (χ1) is 5.13. The minimum absolute atomic E-state index is 0.0787. The summed E-state index contributed by atoms with van der Waals surface area (Å²) < 4.78 is 0. The summed E-state index contributed by atoms with van der Waals surface area (Å²) in [6.45, 7) is 8.65. The normalized spacial score (nSPS) is 16.9. The molecule has 0 aliphatic rings. The molecule has 0 rings (SSSR count). The van der Waals surface area contributed by atoms with Crippen molar-refractivity contribution in [3.63, 3.8) is 0 Å².